The molecule has 0 bridgehead atoms. The third-order valence-corrected chi connectivity index (χ3v) is 5.08. The molecule has 0 saturated carbocycles. The van der Waals surface area contributed by atoms with Crippen LogP contribution in [0.3, 0.4) is 0 Å². The van der Waals surface area contributed by atoms with Crippen LogP contribution >= 0.6 is 0 Å². The number of aryl methyl sites for hydroxylation is 1. The number of nitrogens with zero attached hydrogens (tertiary/aromatic N) is 2. The van der Waals surface area contributed by atoms with E-state index < -0.39 is 0 Å². The van der Waals surface area contributed by atoms with Crippen molar-refractivity contribution < 1.29 is 9.18 Å². The fourth-order valence-corrected chi connectivity index (χ4v) is 3.34. The van der Waals surface area contributed by atoms with E-state index in [0.29, 0.717) is 35.5 Å². The molecule has 0 spiro atoms. The summed E-state index contributed by atoms with van der Waals surface area (Å²) >= 11 is 0. The van der Waals surface area contributed by atoms with E-state index in [1.54, 1.807) is 25.1 Å². The van der Waals surface area contributed by atoms with E-state index in [4.69, 9.17) is 0 Å². The zero-order valence-corrected chi connectivity index (χ0v) is 17.4. The van der Waals surface area contributed by atoms with Gasteiger partial charge in [-0.15, -0.1) is 0 Å². The van der Waals surface area contributed by atoms with Crippen LogP contribution in [-0.2, 0) is 6.42 Å². The molecule has 0 atom stereocenters. The predicted molar refractivity (Wildman–Crippen MR) is 114 cm³/mol. The second kappa shape index (κ2) is 10.2. The minimum absolute atomic E-state index is 0.136. The van der Waals surface area contributed by atoms with Crippen LogP contribution in [0.1, 0.15) is 53.4 Å². The van der Waals surface area contributed by atoms with Crippen molar-refractivity contribution in [3.05, 3.63) is 69.0 Å². The van der Waals surface area contributed by atoms with Gasteiger partial charge in [-0.1, -0.05) is 38.0 Å². The maximum absolute atomic E-state index is 14.0. The molecule has 0 fully saturated rings. The molecule has 1 aromatic carbocycles. The highest BCUT2D eigenvalue weighted by molar-refractivity contribution is 5.99. The molecule has 3 N–H and O–H groups in total. The van der Waals surface area contributed by atoms with Crippen LogP contribution in [0.5, 0.6) is 0 Å². The highest BCUT2D eigenvalue weighted by atomic mass is 19.1. The fourth-order valence-electron chi connectivity index (χ4n) is 3.34. The molecule has 0 aliphatic heterocycles. The fraction of sp³-hybridized carbons (Fsp3) is 0.409. The van der Waals surface area contributed by atoms with E-state index in [1.165, 1.54) is 29.6 Å². The number of rotatable bonds is 10. The Morgan fingerprint density at radius 2 is 2.00 bits per heavy atom. The number of halogens is 1. The number of aromatic nitrogens is 3. The Morgan fingerprint density at radius 3 is 2.77 bits per heavy atom. The zero-order valence-electron chi connectivity index (χ0n) is 17.4. The monoisotopic (exact) mass is 413 g/mol. The van der Waals surface area contributed by atoms with Gasteiger partial charge in [0, 0.05) is 37.0 Å². The molecule has 0 radical (unpaired) electrons. The average molecular weight is 413 g/mol. The number of nitrogens with one attached hydrogen (secondary N) is 3. The third-order valence-electron chi connectivity index (χ3n) is 5.08. The molecule has 7 nitrogen and oxygen atoms in total. The van der Waals surface area contributed by atoms with Crippen LogP contribution in [-0.4, -0.2) is 40.1 Å². The molecule has 2 aromatic heterocycles. The van der Waals surface area contributed by atoms with Gasteiger partial charge in [-0.2, -0.15) is 0 Å². The van der Waals surface area contributed by atoms with Crippen molar-refractivity contribution >= 4 is 11.6 Å². The maximum Gasteiger partial charge on any atom is 0.276 e. The van der Waals surface area contributed by atoms with E-state index >= 15 is 0 Å². The molecule has 3 rings (SSSR count). The highest BCUT2D eigenvalue weighted by Crippen LogP contribution is 2.15. The first-order valence-corrected chi connectivity index (χ1v) is 10.3. The van der Waals surface area contributed by atoms with Gasteiger partial charge in [0.05, 0.1) is 0 Å². The molecule has 1 amide bonds. The number of benzene rings is 1. The van der Waals surface area contributed by atoms with Gasteiger partial charge in [0.2, 0.25) is 0 Å². The van der Waals surface area contributed by atoms with Crippen LogP contribution in [0.4, 0.5) is 4.39 Å². The summed E-state index contributed by atoms with van der Waals surface area (Å²) in [5.74, 6) is -0.659. The first kappa shape index (κ1) is 21.7. The molecular formula is C22H28FN5O2. The van der Waals surface area contributed by atoms with Crippen molar-refractivity contribution in [3.63, 3.8) is 0 Å². The number of carbonyl (C=O) groups is 1. The standard InChI is InChI=1S/C22H28FN5O2/c1-3-4-7-10-24-11-12-25-21(29)18-14-26-28-20(18)27-15(2)17(22(28)30)13-16-8-5-6-9-19(16)23/h5-6,8-9,14,24,26H,3-4,7,10-13H2,1-2H3,(H,25,29). The first-order valence-electron chi connectivity index (χ1n) is 10.3. The predicted octanol–water partition coefficient (Wildman–Crippen LogP) is 2.57. The maximum atomic E-state index is 14.0. The average Bonchev–Trinajstić information content (AvgIpc) is 3.15. The molecular weight excluding hydrogens is 385 g/mol. The summed E-state index contributed by atoms with van der Waals surface area (Å²) in [7, 11) is 0. The lowest BCUT2D eigenvalue weighted by atomic mass is 10.0. The van der Waals surface area contributed by atoms with Gasteiger partial charge < -0.3 is 10.6 Å². The van der Waals surface area contributed by atoms with E-state index in [-0.39, 0.29) is 29.4 Å². The number of H-pyrrole nitrogens is 1. The van der Waals surface area contributed by atoms with E-state index in [1.807, 2.05) is 0 Å². The number of hydrogen-bond acceptors (Lipinski definition) is 4. The number of unbranched alkanes of at least 4 members (excludes halogenated alkanes) is 2. The van der Waals surface area contributed by atoms with Crippen LogP contribution < -0.4 is 16.2 Å². The zero-order chi connectivity index (χ0) is 21.5. The number of hydrogen-bond donors (Lipinski definition) is 3. The van der Waals surface area contributed by atoms with Crippen LogP contribution in [0.15, 0.2) is 35.3 Å². The molecule has 0 aliphatic rings. The summed E-state index contributed by atoms with van der Waals surface area (Å²) < 4.78 is 15.2. The van der Waals surface area contributed by atoms with Crippen molar-refractivity contribution in [3.8, 4) is 0 Å². The first-order chi connectivity index (χ1) is 14.5. The van der Waals surface area contributed by atoms with Gasteiger partial charge in [-0.05, 0) is 31.5 Å². The van der Waals surface area contributed by atoms with Gasteiger partial charge in [-0.3, -0.25) is 14.7 Å². The summed E-state index contributed by atoms with van der Waals surface area (Å²) in [4.78, 5) is 29.9. The van der Waals surface area contributed by atoms with Crippen LogP contribution in [0.2, 0.25) is 0 Å². The minimum Gasteiger partial charge on any atom is -0.351 e. The SMILES string of the molecule is CCCCCNCCNC(=O)c1c[nH]n2c(=O)c(Cc3ccccc3F)c(C)nc12. The molecule has 3 aromatic rings. The summed E-state index contributed by atoms with van der Waals surface area (Å²) in [6.45, 7) is 5.95. The number of aromatic amines is 1. The molecule has 0 aliphatic carbocycles. The van der Waals surface area contributed by atoms with E-state index in [0.717, 1.165) is 13.0 Å². The van der Waals surface area contributed by atoms with Gasteiger partial charge >= 0.3 is 0 Å². The lowest BCUT2D eigenvalue weighted by Crippen LogP contribution is -2.32. The summed E-state index contributed by atoms with van der Waals surface area (Å²) in [5.41, 5.74) is 1.53. The van der Waals surface area contributed by atoms with Crippen molar-refractivity contribution in [1.29, 1.82) is 0 Å². The Kier molecular flexibility index (Phi) is 7.35. The molecule has 0 unspecified atom stereocenters. The quantitative estimate of drug-likeness (QED) is 0.446. The van der Waals surface area contributed by atoms with Crippen molar-refractivity contribution in [2.45, 2.75) is 39.5 Å². The van der Waals surface area contributed by atoms with Crippen molar-refractivity contribution in [1.82, 2.24) is 25.2 Å². The van der Waals surface area contributed by atoms with Crippen LogP contribution in [0, 0.1) is 12.7 Å². The second-order valence-corrected chi connectivity index (χ2v) is 7.31. The third kappa shape index (κ3) is 4.94. The van der Waals surface area contributed by atoms with Crippen molar-refractivity contribution in [2.24, 2.45) is 0 Å². The Balaban J connectivity index is 1.72. The van der Waals surface area contributed by atoms with E-state index in [2.05, 4.69) is 27.6 Å². The van der Waals surface area contributed by atoms with Gasteiger partial charge in [0.15, 0.2) is 5.65 Å². The number of amides is 1. The highest BCUT2D eigenvalue weighted by Gasteiger charge is 2.18. The molecule has 160 valence electrons. The smallest absolute Gasteiger partial charge is 0.276 e. The minimum atomic E-state index is -0.365. The summed E-state index contributed by atoms with van der Waals surface area (Å²) in [5, 5.41) is 8.93. The Morgan fingerprint density at radius 1 is 1.20 bits per heavy atom. The number of fused-ring (bicyclic) bond motifs is 1. The Labute approximate surface area is 174 Å². The Bertz CT molecular complexity index is 1070. The number of carbonyl (C=O) groups excluding carboxylic acids is 1. The summed E-state index contributed by atoms with van der Waals surface area (Å²) in [6.07, 6.45) is 5.09. The lowest BCUT2D eigenvalue weighted by molar-refractivity contribution is 0.0955. The molecule has 8 heteroatoms. The van der Waals surface area contributed by atoms with Gasteiger partial charge in [0.1, 0.15) is 11.4 Å². The molecule has 30 heavy (non-hydrogen) atoms. The Hall–Kier alpha value is -3.00. The largest absolute Gasteiger partial charge is 0.351 e. The topological polar surface area (TPSA) is 91.3 Å². The van der Waals surface area contributed by atoms with Gasteiger partial charge in [0.25, 0.3) is 11.5 Å². The second-order valence-electron chi connectivity index (χ2n) is 7.31. The molecule has 0 saturated heterocycles. The van der Waals surface area contributed by atoms with E-state index in [9.17, 15) is 14.0 Å². The van der Waals surface area contributed by atoms with Crippen LogP contribution in [0.25, 0.3) is 5.65 Å². The van der Waals surface area contributed by atoms with Gasteiger partial charge in [-0.25, -0.2) is 13.9 Å². The van der Waals surface area contributed by atoms with Crippen molar-refractivity contribution in [2.75, 3.05) is 19.6 Å². The normalized spacial score (nSPS) is 11.2. The summed E-state index contributed by atoms with van der Waals surface area (Å²) in [6, 6.07) is 6.35. The molecule has 2 heterocycles. The lowest BCUT2D eigenvalue weighted by Gasteiger charge is -2.08.